The maximum Gasteiger partial charge on any atom is 0.223 e. The van der Waals surface area contributed by atoms with Gasteiger partial charge in [0.1, 0.15) is 0 Å². The molecule has 0 aromatic heterocycles. The van der Waals surface area contributed by atoms with Crippen LogP contribution in [0.15, 0.2) is 36.9 Å². The number of hydroxylamine groups is 1. The first kappa shape index (κ1) is 18.0. The topological polar surface area (TPSA) is 55.8 Å². The largest absolute Gasteiger partial charge is 0.336 e. The van der Waals surface area contributed by atoms with Gasteiger partial charge < -0.3 is 10.2 Å². The van der Waals surface area contributed by atoms with Crippen molar-refractivity contribution in [1.82, 2.24) is 10.2 Å². The first-order valence-corrected chi connectivity index (χ1v) is 9.24. The molecular weight excluding hydrogens is 314 g/mol. The van der Waals surface area contributed by atoms with Gasteiger partial charge in [0.15, 0.2) is 0 Å². The monoisotopic (exact) mass is 343 g/mol. The summed E-state index contributed by atoms with van der Waals surface area (Å²) in [6.45, 7) is 4.47. The smallest absolute Gasteiger partial charge is 0.223 e. The normalized spacial score (nSPS) is 24.8. The lowest BCUT2D eigenvalue weighted by molar-refractivity contribution is -0.133. The number of carbonyl (C=O) groups is 1. The molecule has 1 aromatic carbocycles. The second kappa shape index (κ2) is 8.02. The van der Waals surface area contributed by atoms with Crippen molar-refractivity contribution in [2.45, 2.75) is 56.7 Å². The van der Waals surface area contributed by atoms with Crippen molar-refractivity contribution in [3.8, 4) is 0 Å². The summed E-state index contributed by atoms with van der Waals surface area (Å²) in [5.74, 6) is 0.217. The van der Waals surface area contributed by atoms with Gasteiger partial charge in [-0.3, -0.25) is 15.1 Å². The first-order chi connectivity index (χ1) is 12.1. The Bertz CT molecular complexity index is 587. The van der Waals surface area contributed by atoms with Crippen molar-refractivity contribution >= 4 is 11.6 Å². The summed E-state index contributed by atoms with van der Waals surface area (Å²) in [5.41, 5.74) is 1.86. The van der Waals surface area contributed by atoms with Gasteiger partial charge in [-0.1, -0.05) is 18.2 Å². The van der Waals surface area contributed by atoms with E-state index >= 15 is 0 Å². The van der Waals surface area contributed by atoms with Crippen molar-refractivity contribution in [2.24, 2.45) is 0 Å². The molecule has 1 amide bonds. The Morgan fingerprint density at radius 1 is 1.28 bits per heavy atom. The van der Waals surface area contributed by atoms with E-state index < -0.39 is 0 Å². The van der Waals surface area contributed by atoms with Crippen molar-refractivity contribution < 1.29 is 10.0 Å². The van der Waals surface area contributed by atoms with Crippen LogP contribution in [-0.2, 0) is 11.2 Å². The molecule has 2 N–H and O–H groups in total. The summed E-state index contributed by atoms with van der Waals surface area (Å²) >= 11 is 0. The number of aryl methyl sites for hydroxylation is 1. The predicted octanol–water partition coefficient (Wildman–Crippen LogP) is 2.74. The highest BCUT2D eigenvalue weighted by Gasteiger charge is 2.37. The van der Waals surface area contributed by atoms with E-state index in [4.69, 9.17) is 0 Å². The molecule has 1 aromatic rings. The SMILES string of the molecule is C=CCN(C(=O)CCc1ccc(N(C)O)cc1)C1C[C@H]2CC[C@@H](C1)N2. The third kappa shape index (κ3) is 4.41. The van der Waals surface area contributed by atoms with Gasteiger partial charge in [0.2, 0.25) is 5.91 Å². The van der Waals surface area contributed by atoms with E-state index in [2.05, 4.69) is 11.9 Å². The summed E-state index contributed by atoms with van der Waals surface area (Å²) < 4.78 is 0. The Balaban J connectivity index is 1.58. The lowest BCUT2D eigenvalue weighted by Gasteiger charge is -2.37. The lowest BCUT2D eigenvalue weighted by Crippen LogP contribution is -2.50. The van der Waals surface area contributed by atoms with Gasteiger partial charge >= 0.3 is 0 Å². The van der Waals surface area contributed by atoms with E-state index in [1.807, 2.05) is 35.2 Å². The summed E-state index contributed by atoms with van der Waals surface area (Å²) in [4.78, 5) is 14.9. The number of fused-ring (bicyclic) bond motifs is 2. The minimum absolute atomic E-state index is 0.217. The molecule has 0 saturated carbocycles. The number of rotatable bonds is 7. The Kier molecular flexibility index (Phi) is 5.76. The first-order valence-electron chi connectivity index (χ1n) is 9.24. The quantitative estimate of drug-likeness (QED) is 0.590. The molecule has 25 heavy (non-hydrogen) atoms. The Morgan fingerprint density at radius 2 is 1.92 bits per heavy atom. The Labute approximate surface area is 150 Å². The molecule has 2 heterocycles. The number of nitrogens with zero attached hydrogens (tertiary/aromatic N) is 2. The molecule has 2 saturated heterocycles. The van der Waals surface area contributed by atoms with Gasteiger partial charge in [-0.25, -0.2) is 0 Å². The van der Waals surface area contributed by atoms with Gasteiger partial charge in [0, 0.05) is 38.1 Å². The highest BCUT2D eigenvalue weighted by Crippen LogP contribution is 2.30. The van der Waals surface area contributed by atoms with Crippen LogP contribution in [0.25, 0.3) is 0 Å². The molecule has 2 fully saturated rings. The van der Waals surface area contributed by atoms with E-state index in [0.717, 1.165) is 35.6 Å². The molecule has 1 unspecified atom stereocenters. The third-order valence-corrected chi connectivity index (χ3v) is 5.47. The molecule has 2 bridgehead atoms. The number of piperidine rings is 1. The molecule has 3 atom stereocenters. The molecule has 0 spiro atoms. The number of carbonyl (C=O) groups excluding carboxylic acids is 1. The van der Waals surface area contributed by atoms with Gasteiger partial charge in [-0.2, -0.15) is 0 Å². The average molecular weight is 343 g/mol. The van der Waals surface area contributed by atoms with Crippen molar-refractivity contribution in [2.75, 3.05) is 18.7 Å². The number of nitrogens with one attached hydrogen (secondary N) is 1. The van der Waals surface area contributed by atoms with Crippen molar-refractivity contribution in [1.29, 1.82) is 0 Å². The number of benzene rings is 1. The molecule has 2 aliphatic heterocycles. The van der Waals surface area contributed by atoms with Gasteiger partial charge in [-0.05, 0) is 49.8 Å². The van der Waals surface area contributed by atoms with E-state index in [9.17, 15) is 10.0 Å². The van der Waals surface area contributed by atoms with Crippen LogP contribution in [0.3, 0.4) is 0 Å². The van der Waals surface area contributed by atoms with Crippen LogP contribution in [0.4, 0.5) is 5.69 Å². The molecule has 0 radical (unpaired) electrons. The van der Waals surface area contributed by atoms with E-state index in [-0.39, 0.29) is 5.91 Å². The van der Waals surface area contributed by atoms with Gasteiger partial charge in [-0.15, -0.1) is 6.58 Å². The molecule has 5 nitrogen and oxygen atoms in total. The van der Waals surface area contributed by atoms with E-state index in [1.165, 1.54) is 12.8 Å². The van der Waals surface area contributed by atoms with E-state index in [1.54, 1.807) is 7.05 Å². The van der Waals surface area contributed by atoms with Gasteiger partial charge in [0.05, 0.1) is 5.69 Å². The van der Waals surface area contributed by atoms with Gasteiger partial charge in [0.25, 0.3) is 0 Å². The van der Waals surface area contributed by atoms with Crippen LogP contribution in [0, 0.1) is 0 Å². The van der Waals surface area contributed by atoms with Crippen LogP contribution in [-0.4, -0.2) is 47.7 Å². The van der Waals surface area contributed by atoms with Crippen LogP contribution in [0.2, 0.25) is 0 Å². The second-order valence-electron chi connectivity index (χ2n) is 7.29. The number of hydrogen-bond donors (Lipinski definition) is 2. The minimum Gasteiger partial charge on any atom is -0.336 e. The zero-order valence-electron chi connectivity index (χ0n) is 15.0. The predicted molar refractivity (Wildman–Crippen MR) is 99.8 cm³/mol. The van der Waals surface area contributed by atoms with Crippen LogP contribution < -0.4 is 10.4 Å². The summed E-state index contributed by atoms with van der Waals surface area (Å²) in [5, 5.41) is 14.1. The number of hydrogen-bond acceptors (Lipinski definition) is 4. The molecule has 2 aliphatic rings. The van der Waals surface area contributed by atoms with Crippen molar-refractivity contribution in [3.63, 3.8) is 0 Å². The fourth-order valence-corrected chi connectivity index (χ4v) is 4.15. The Hall–Kier alpha value is -1.85. The van der Waals surface area contributed by atoms with Crippen molar-refractivity contribution in [3.05, 3.63) is 42.5 Å². The highest BCUT2D eigenvalue weighted by atomic mass is 16.5. The fourth-order valence-electron chi connectivity index (χ4n) is 4.15. The average Bonchev–Trinajstić information content (AvgIpc) is 2.95. The maximum absolute atomic E-state index is 12.8. The second-order valence-corrected chi connectivity index (χ2v) is 7.29. The maximum atomic E-state index is 12.8. The molecular formula is C20H29N3O2. The number of anilines is 1. The summed E-state index contributed by atoms with van der Waals surface area (Å²) in [6.07, 6.45) is 7.68. The molecule has 136 valence electrons. The zero-order valence-corrected chi connectivity index (χ0v) is 15.0. The van der Waals surface area contributed by atoms with E-state index in [0.29, 0.717) is 31.1 Å². The minimum atomic E-state index is 0.217. The summed E-state index contributed by atoms with van der Waals surface area (Å²) in [6, 6.07) is 9.17. The third-order valence-electron chi connectivity index (χ3n) is 5.47. The van der Waals surface area contributed by atoms with Crippen LogP contribution in [0.5, 0.6) is 0 Å². The molecule has 0 aliphatic carbocycles. The molecule has 3 rings (SSSR count). The Morgan fingerprint density at radius 3 is 2.48 bits per heavy atom. The standard InChI is InChI=1S/C20H29N3O2/c1-3-12-23(19-13-16-7-8-17(14-19)21-16)20(24)11-6-15-4-9-18(10-5-15)22(2)25/h3-5,9-10,16-17,19,21,25H,1,6-8,11-14H2,2H3/t16-,17+,19?. The molecule has 5 heteroatoms. The highest BCUT2D eigenvalue weighted by molar-refractivity contribution is 5.77. The van der Waals surface area contributed by atoms with Crippen LogP contribution >= 0.6 is 0 Å². The number of amides is 1. The van der Waals surface area contributed by atoms with Crippen LogP contribution in [0.1, 0.15) is 37.7 Å². The summed E-state index contributed by atoms with van der Waals surface area (Å²) in [7, 11) is 1.60. The lowest BCUT2D eigenvalue weighted by atomic mass is 9.97. The fraction of sp³-hybridized carbons (Fsp3) is 0.550. The zero-order chi connectivity index (χ0) is 17.8.